The summed E-state index contributed by atoms with van der Waals surface area (Å²) in [6.07, 6.45) is 8.14. The zero-order chi connectivity index (χ0) is 12.1. The number of aryl methyl sites for hydroxylation is 1. The molecule has 0 bridgehead atoms. The Balaban J connectivity index is 2.02. The lowest BCUT2D eigenvalue weighted by molar-refractivity contribution is 0.141. The van der Waals surface area contributed by atoms with Crippen LogP contribution < -0.4 is 4.74 Å². The van der Waals surface area contributed by atoms with E-state index in [-0.39, 0.29) is 6.10 Å². The van der Waals surface area contributed by atoms with Gasteiger partial charge in [0, 0.05) is 7.11 Å². The van der Waals surface area contributed by atoms with Crippen molar-refractivity contribution in [2.24, 2.45) is 0 Å². The number of benzene rings is 1. The monoisotopic (exact) mass is 230 g/mol. The number of rotatable bonds is 4. The maximum atomic E-state index is 5.81. The molecule has 0 saturated carbocycles. The van der Waals surface area contributed by atoms with Crippen molar-refractivity contribution in [3.8, 4) is 5.75 Å². The Morgan fingerprint density at radius 1 is 1.35 bits per heavy atom. The van der Waals surface area contributed by atoms with Gasteiger partial charge < -0.3 is 9.47 Å². The normalized spacial score (nSPS) is 18.9. The maximum absolute atomic E-state index is 5.81. The standard InChI is InChI=1S/C15H18O2/c1-3-12-5-4-6-15(11-12)17-14-9-7-13(16-2)8-10-14/h4-7,9-11,13H,3,8H2,1-2H3. The Morgan fingerprint density at radius 2 is 2.24 bits per heavy atom. The molecule has 0 spiro atoms. The van der Waals surface area contributed by atoms with Gasteiger partial charge in [-0.15, -0.1) is 0 Å². The van der Waals surface area contributed by atoms with Crippen LogP contribution >= 0.6 is 0 Å². The minimum Gasteiger partial charge on any atom is -0.458 e. The lowest BCUT2D eigenvalue weighted by atomic mass is 10.1. The van der Waals surface area contributed by atoms with Gasteiger partial charge in [0.15, 0.2) is 0 Å². The summed E-state index contributed by atoms with van der Waals surface area (Å²) in [4.78, 5) is 0. The van der Waals surface area contributed by atoms with Gasteiger partial charge in [0.1, 0.15) is 11.5 Å². The molecule has 90 valence electrons. The molecule has 1 aliphatic carbocycles. The van der Waals surface area contributed by atoms with Gasteiger partial charge in [-0.2, -0.15) is 0 Å². The maximum Gasteiger partial charge on any atom is 0.127 e. The molecule has 1 aromatic rings. The number of methoxy groups -OCH3 is 1. The lowest BCUT2D eigenvalue weighted by Gasteiger charge is -2.15. The van der Waals surface area contributed by atoms with Gasteiger partial charge in [0.05, 0.1) is 6.10 Å². The summed E-state index contributed by atoms with van der Waals surface area (Å²) in [6, 6.07) is 8.20. The first-order valence-electron chi connectivity index (χ1n) is 5.99. The quantitative estimate of drug-likeness (QED) is 0.788. The van der Waals surface area contributed by atoms with Crippen LogP contribution in [0.5, 0.6) is 5.75 Å². The van der Waals surface area contributed by atoms with Crippen LogP contribution in [0.2, 0.25) is 0 Å². The Bertz CT molecular complexity index is 432. The molecule has 1 unspecified atom stereocenters. The predicted octanol–water partition coefficient (Wildman–Crippen LogP) is 3.49. The van der Waals surface area contributed by atoms with Crippen LogP contribution in [0.3, 0.4) is 0 Å². The summed E-state index contributed by atoms with van der Waals surface area (Å²) in [5.74, 6) is 1.79. The highest BCUT2D eigenvalue weighted by molar-refractivity contribution is 5.32. The van der Waals surface area contributed by atoms with E-state index in [1.807, 2.05) is 24.3 Å². The van der Waals surface area contributed by atoms with E-state index in [1.165, 1.54) is 5.56 Å². The van der Waals surface area contributed by atoms with E-state index < -0.39 is 0 Å². The smallest absolute Gasteiger partial charge is 0.127 e. The summed E-state index contributed by atoms with van der Waals surface area (Å²) in [6.45, 7) is 2.14. The van der Waals surface area contributed by atoms with Crippen molar-refractivity contribution in [1.29, 1.82) is 0 Å². The summed E-state index contributed by atoms with van der Waals surface area (Å²) >= 11 is 0. The molecule has 2 nitrogen and oxygen atoms in total. The van der Waals surface area contributed by atoms with Crippen LogP contribution in [-0.2, 0) is 11.2 Å². The van der Waals surface area contributed by atoms with Gasteiger partial charge in [0.2, 0.25) is 0 Å². The molecule has 1 aromatic carbocycles. The van der Waals surface area contributed by atoms with E-state index in [0.29, 0.717) is 0 Å². The molecule has 17 heavy (non-hydrogen) atoms. The van der Waals surface area contributed by atoms with Crippen molar-refractivity contribution in [2.45, 2.75) is 25.9 Å². The largest absolute Gasteiger partial charge is 0.458 e. The van der Waals surface area contributed by atoms with Gasteiger partial charge in [-0.25, -0.2) is 0 Å². The molecule has 0 N–H and O–H groups in total. The highest BCUT2D eigenvalue weighted by atomic mass is 16.5. The Kier molecular flexibility index (Phi) is 3.99. The van der Waals surface area contributed by atoms with Crippen molar-refractivity contribution >= 4 is 0 Å². The second-order valence-corrected chi connectivity index (χ2v) is 4.08. The average molecular weight is 230 g/mol. The molecule has 0 fully saturated rings. The molecule has 0 aliphatic heterocycles. The fraction of sp³-hybridized carbons (Fsp3) is 0.333. The van der Waals surface area contributed by atoms with E-state index in [1.54, 1.807) is 7.11 Å². The molecule has 0 aromatic heterocycles. The molecule has 0 saturated heterocycles. The van der Waals surface area contributed by atoms with E-state index in [0.717, 1.165) is 24.4 Å². The second-order valence-electron chi connectivity index (χ2n) is 4.08. The van der Waals surface area contributed by atoms with Crippen molar-refractivity contribution in [3.63, 3.8) is 0 Å². The van der Waals surface area contributed by atoms with Gasteiger partial charge >= 0.3 is 0 Å². The lowest BCUT2D eigenvalue weighted by Crippen LogP contribution is -2.10. The highest BCUT2D eigenvalue weighted by Crippen LogP contribution is 2.20. The fourth-order valence-electron chi connectivity index (χ4n) is 1.80. The van der Waals surface area contributed by atoms with Crippen LogP contribution in [-0.4, -0.2) is 13.2 Å². The molecule has 1 atom stereocenters. The molecule has 0 heterocycles. The molecule has 2 heteroatoms. The van der Waals surface area contributed by atoms with Crippen molar-refractivity contribution in [2.75, 3.05) is 7.11 Å². The van der Waals surface area contributed by atoms with Crippen LogP contribution in [0.1, 0.15) is 18.9 Å². The number of allylic oxidation sites excluding steroid dienone is 1. The average Bonchev–Trinajstić information content (AvgIpc) is 2.40. The van der Waals surface area contributed by atoms with Gasteiger partial charge in [-0.1, -0.05) is 25.1 Å². The summed E-state index contributed by atoms with van der Waals surface area (Å²) in [5, 5.41) is 0. The predicted molar refractivity (Wildman–Crippen MR) is 69.1 cm³/mol. The van der Waals surface area contributed by atoms with Crippen molar-refractivity contribution < 1.29 is 9.47 Å². The summed E-state index contributed by atoms with van der Waals surface area (Å²) in [5.41, 5.74) is 1.29. The molecule has 0 amide bonds. The van der Waals surface area contributed by atoms with E-state index in [4.69, 9.17) is 9.47 Å². The molecule has 2 rings (SSSR count). The van der Waals surface area contributed by atoms with Gasteiger partial charge in [-0.05, 0) is 42.7 Å². The molecule has 0 radical (unpaired) electrons. The van der Waals surface area contributed by atoms with E-state index >= 15 is 0 Å². The first-order chi connectivity index (χ1) is 8.31. The van der Waals surface area contributed by atoms with Crippen LogP contribution in [0.4, 0.5) is 0 Å². The van der Waals surface area contributed by atoms with Gasteiger partial charge in [0.25, 0.3) is 0 Å². The fourth-order valence-corrected chi connectivity index (χ4v) is 1.80. The molecular weight excluding hydrogens is 212 g/mol. The SMILES string of the molecule is CCc1cccc(OC2=CCC(OC)C=C2)c1. The zero-order valence-corrected chi connectivity index (χ0v) is 10.3. The first kappa shape index (κ1) is 11.9. The summed E-state index contributed by atoms with van der Waals surface area (Å²) in [7, 11) is 1.72. The first-order valence-corrected chi connectivity index (χ1v) is 5.99. The Labute approximate surface area is 103 Å². The Hall–Kier alpha value is -1.54. The van der Waals surface area contributed by atoms with Crippen LogP contribution in [0.25, 0.3) is 0 Å². The summed E-state index contributed by atoms with van der Waals surface area (Å²) < 4.78 is 11.0. The second kappa shape index (κ2) is 5.69. The third kappa shape index (κ3) is 3.21. The molecule has 1 aliphatic rings. The molecular formula is C15H18O2. The topological polar surface area (TPSA) is 18.5 Å². The highest BCUT2D eigenvalue weighted by Gasteiger charge is 2.08. The van der Waals surface area contributed by atoms with Crippen molar-refractivity contribution in [1.82, 2.24) is 0 Å². The number of hydrogen-bond donors (Lipinski definition) is 0. The van der Waals surface area contributed by atoms with E-state index in [9.17, 15) is 0 Å². The number of ether oxygens (including phenoxy) is 2. The van der Waals surface area contributed by atoms with Gasteiger partial charge in [-0.3, -0.25) is 0 Å². The minimum atomic E-state index is 0.185. The van der Waals surface area contributed by atoms with Crippen LogP contribution in [0.15, 0.2) is 48.3 Å². The third-order valence-corrected chi connectivity index (χ3v) is 2.87. The minimum absolute atomic E-state index is 0.185. The Morgan fingerprint density at radius 3 is 2.88 bits per heavy atom. The third-order valence-electron chi connectivity index (χ3n) is 2.87. The number of hydrogen-bond acceptors (Lipinski definition) is 2. The van der Waals surface area contributed by atoms with Crippen LogP contribution in [0, 0.1) is 0 Å². The van der Waals surface area contributed by atoms with E-state index in [2.05, 4.69) is 25.1 Å². The zero-order valence-electron chi connectivity index (χ0n) is 10.3. The van der Waals surface area contributed by atoms with Crippen molar-refractivity contribution in [3.05, 3.63) is 53.8 Å².